The van der Waals surface area contributed by atoms with Crippen LogP contribution in [-0.2, 0) is 5.88 Å². The van der Waals surface area contributed by atoms with Crippen LogP contribution in [0.25, 0.3) is 11.0 Å². The largest absolute Gasteiger partial charge is 0.490 e. The molecule has 16 heavy (non-hydrogen) atoms. The molecule has 0 aliphatic rings. The van der Waals surface area contributed by atoms with Gasteiger partial charge in [-0.2, -0.15) is 0 Å². The molecule has 84 valence electrons. The molecule has 0 saturated carbocycles. The number of fused-ring (bicyclic) bond motifs is 1. The molecule has 1 aromatic heterocycles. The Morgan fingerprint density at radius 1 is 1.31 bits per heavy atom. The molecule has 4 heteroatoms. The van der Waals surface area contributed by atoms with Crippen molar-refractivity contribution in [3.63, 3.8) is 0 Å². The van der Waals surface area contributed by atoms with E-state index in [2.05, 4.69) is 0 Å². The van der Waals surface area contributed by atoms with Crippen molar-refractivity contribution in [1.29, 1.82) is 0 Å². The SMILES string of the molecule is CCOc1ccc(CCl)c2ccc(=O)oc12. The molecular formula is C12H11ClO3. The highest BCUT2D eigenvalue weighted by Crippen LogP contribution is 2.28. The highest BCUT2D eigenvalue weighted by Gasteiger charge is 2.08. The van der Waals surface area contributed by atoms with Crippen LogP contribution in [0.1, 0.15) is 12.5 Å². The molecule has 1 aromatic carbocycles. The summed E-state index contributed by atoms with van der Waals surface area (Å²) in [5.74, 6) is 0.945. The molecular weight excluding hydrogens is 228 g/mol. The van der Waals surface area contributed by atoms with Gasteiger partial charge in [-0.25, -0.2) is 4.79 Å². The standard InChI is InChI=1S/C12H11ClO3/c1-2-15-10-5-3-8(7-13)9-4-6-11(14)16-12(9)10/h3-6H,2,7H2,1H3. The van der Waals surface area contributed by atoms with Crippen molar-refractivity contribution in [2.24, 2.45) is 0 Å². The third-order valence-corrected chi connectivity index (χ3v) is 2.57. The van der Waals surface area contributed by atoms with E-state index in [0.717, 1.165) is 10.9 Å². The smallest absolute Gasteiger partial charge is 0.336 e. The minimum atomic E-state index is -0.389. The molecule has 1 heterocycles. The van der Waals surface area contributed by atoms with Gasteiger partial charge in [0.05, 0.1) is 6.61 Å². The summed E-state index contributed by atoms with van der Waals surface area (Å²) in [4.78, 5) is 11.2. The highest BCUT2D eigenvalue weighted by atomic mass is 35.5. The summed E-state index contributed by atoms with van der Waals surface area (Å²) in [5.41, 5.74) is 0.997. The third kappa shape index (κ3) is 1.91. The van der Waals surface area contributed by atoms with Crippen molar-refractivity contribution >= 4 is 22.6 Å². The maximum Gasteiger partial charge on any atom is 0.336 e. The second kappa shape index (κ2) is 4.58. The molecule has 0 aliphatic heterocycles. The predicted molar refractivity (Wildman–Crippen MR) is 63.2 cm³/mol. The summed E-state index contributed by atoms with van der Waals surface area (Å²) in [7, 11) is 0. The molecule has 0 spiro atoms. The topological polar surface area (TPSA) is 39.4 Å². The Bertz CT molecular complexity index is 560. The van der Waals surface area contributed by atoms with Gasteiger partial charge in [0.15, 0.2) is 11.3 Å². The maximum atomic E-state index is 11.2. The third-order valence-electron chi connectivity index (χ3n) is 2.28. The Kier molecular flexibility index (Phi) is 3.15. The lowest BCUT2D eigenvalue weighted by Gasteiger charge is -2.08. The lowest BCUT2D eigenvalue weighted by Crippen LogP contribution is -1.99. The van der Waals surface area contributed by atoms with Crippen LogP contribution in [0.5, 0.6) is 5.75 Å². The zero-order chi connectivity index (χ0) is 11.5. The van der Waals surface area contributed by atoms with E-state index in [4.69, 9.17) is 20.8 Å². The molecule has 0 saturated heterocycles. The van der Waals surface area contributed by atoms with Gasteiger partial charge in [0.1, 0.15) is 0 Å². The Hall–Kier alpha value is -1.48. The van der Waals surface area contributed by atoms with Gasteiger partial charge in [-0.05, 0) is 24.6 Å². The number of benzene rings is 1. The van der Waals surface area contributed by atoms with E-state index in [0.29, 0.717) is 23.8 Å². The van der Waals surface area contributed by atoms with Gasteiger partial charge in [-0.15, -0.1) is 11.6 Å². The zero-order valence-electron chi connectivity index (χ0n) is 8.83. The van der Waals surface area contributed by atoms with E-state index >= 15 is 0 Å². The minimum Gasteiger partial charge on any atom is -0.490 e. The van der Waals surface area contributed by atoms with E-state index in [-0.39, 0.29) is 5.63 Å². The molecule has 0 aliphatic carbocycles. The Labute approximate surface area is 97.6 Å². The van der Waals surface area contributed by atoms with Crippen molar-refractivity contribution in [1.82, 2.24) is 0 Å². The van der Waals surface area contributed by atoms with Crippen LogP contribution in [-0.4, -0.2) is 6.61 Å². The molecule has 0 bridgehead atoms. The molecule has 0 atom stereocenters. The van der Waals surface area contributed by atoms with Crippen LogP contribution in [0.4, 0.5) is 0 Å². The van der Waals surface area contributed by atoms with Gasteiger partial charge in [-0.1, -0.05) is 6.07 Å². The number of rotatable bonds is 3. The van der Waals surface area contributed by atoms with E-state index in [9.17, 15) is 4.79 Å². The summed E-state index contributed by atoms with van der Waals surface area (Å²) in [6, 6.07) is 6.74. The first-order chi connectivity index (χ1) is 7.76. The van der Waals surface area contributed by atoms with Gasteiger partial charge in [0.25, 0.3) is 0 Å². The van der Waals surface area contributed by atoms with Crippen molar-refractivity contribution < 1.29 is 9.15 Å². The van der Waals surface area contributed by atoms with Gasteiger partial charge in [0, 0.05) is 17.3 Å². The number of halogens is 1. The van der Waals surface area contributed by atoms with Crippen LogP contribution in [0.15, 0.2) is 33.5 Å². The fourth-order valence-electron chi connectivity index (χ4n) is 1.58. The average molecular weight is 239 g/mol. The Balaban J connectivity index is 2.75. The molecule has 3 nitrogen and oxygen atoms in total. The summed E-state index contributed by atoms with van der Waals surface area (Å²) >= 11 is 5.81. The molecule has 0 radical (unpaired) electrons. The molecule has 0 unspecified atom stereocenters. The monoisotopic (exact) mass is 238 g/mol. The average Bonchev–Trinajstić information content (AvgIpc) is 2.30. The predicted octanol–water partition coefficient (Wildman–Crippen LogP) is 2.93. The van der Waals surface area contributed by atoms with Crippen molar-refractivity contribution in [3.8, 4) is 5.75 Å². The van der Waals surface area contributed by atoms with E-state index in [1.165, 1.54) is 6.07 Å². The molecule has 2 aromatic rings. The van der Waals surface area contributed by atoms with Crippen molar-refractivity contribution in [3.05, 3.63) is 40.2 Å². The highest BCUT2D eigenvalue weighted by molar-refractivity contribution is 6.18. The first-order valence-electron chi connectivity index (χ1n) is 5.00. The lowest BCUT2D eigenvalue weighted by atomic mass is 10.1. The van der Waals surface area contributed by atoms with E-state index in [1.807, 2.05) is 13.0 Å². The second-order valence-electron chi connectivity index (χ2n) is 3.29. The molecule has 2 rings (SSSR count). The Morgan fingerprint density at radius 3 is 2.81 bits per heavy atom. The van der Waals surface area contributed by atoms with Crippen LogP contribution in [0, 0.1) is 0 Å². The number of ether oxygens (including phenoxy) is 1. The maximum absolute atomic E-state index is 11.2. The van der Waals surface area contributed by atoms with Gasteiger partial charge in [0.2, 0.25) is 0 Å². The van der Waals surface area contributed by atoms with Gasteiger partial charge < -0.3 is 9.15 Å². The quantitative estimate of drug-likeness (QED) is 0.610. The van der Waals surface area contributed by atoms with Gasteiger partial charge in [-0.3, -0.25) is 0 Å². The van der Waals surface area contributed by atoms with Crippen LogP contribution >= 0.6 is 11.6 Å². The number of hydrogen-bond donors (Lipinski definition) is 0. The lowest BCUT2D eigenvalue weighted by molar-refractivity contribution is 0.337. The Morgan fingerprint density at radius 2 is 2.12 bits per heavy atom. The molecule has 0 fully saturated rings. The second-order valence-corrected chi connectivity index (χ2v) is 3.55. The van der Waals surface area contributed by atoms with Gasteiger partial charge >= 0.3 is 5.63 Å². The summed E-state index contributed by atoms with van der Waals surface area (Å²) < 4.78 is 10.5. The van der Waals surface area contributed by atoms with E-state index in [1.54, 1.807) is 12.1 Å². The van der Waals surface area contributed by atoms with Crippen molar-refractivity contribution in [2.75, 3.05) is 6.61 Å². The van der Waals surface area contributed by atoms with Crippen molar-refractivity contribution in [2.45, 2.75) is 12.8 Å². The number of alkyl halides is 1. The molecule has 0 N–H and O–H groups in total. The summed E-state index contributed by atoms with van der Waals surface area (Å²) in [6.07, 6.45) is 0. The van der Waals surface area contributed by atoms with Crippen LogP contribution in [0.2, 0.25) is 0 Å². The number of hydrogen-bond acceptors (Lipinski definition) is 3. The van der Waals surface area contributed by atoms with E-state index < -0.39 is 0 Å². The summed E-state index contributed by atoms with van der Waals surface area (Å²) in [5, 5.41) is 0.820. The fraction of sp³-hybridized carbons (Fsp3) is 0.250. The van der Waals surface area contributed by atoms with Crippen LogP contribution < -0.4 is 10.4 Å². The zero-order valence-corrected chi connectivity index (χ0v) is 9.58. The molecule has 0 amide bonds. The fourth-order valence-corrected chi connectivity index (χ4v) is 1.81. The summed E-state index contributed by atoms with van der Waals surface area (Å²) in [6.45, 7) is 2.40. The normalized spacial score (nSPS) is 10.6. The minimum absolute atomic E-state index is 0.372. The first-order valence-corrected chi connectivity index (χ1v) is 5.54. The first kappa shape index (κ1) is 11.0. The van der Waals surface area contributed by atoms with Crippen LogP contribution in [0.3, 0.4) is 0 Å².